The molecule has 2 amide bonds. The number of rotatable bonds is 6. The summed E-state index contributed by atoms with van der Waals surface area (Å²) in [7, 11) is 1.91. The summed E-state index contributed by atoms with van der Waals surface area (Å²) < 4.78 is 7.02. The van der Waals surface area contributed by atoms with E-state index in [9.17, 15) is 4.79 Å². The molecule has 0 bridgehead atoms. The molecule has 0 aliphatic rings. The molecule has 0 saturated heterocycles. The quantitative estimate of drug-likeness (QED) is 0.856. The molecule has 2 N–H and O–H groups in total. The molecular formula is C16H25N5O2. The van der Waals surface area contributed by atoms with E-state index in [0.717, 1.165) is 41.1 Å². The number of carbonyl (C=O) groups is 1. The van der Waals surface area contributed by atoms with Crippen LogP contribution in [0.5, 0.6) is 0 Å². The van der Waals surface area contributed by atoms with Crippen LogP contribution in [0.3, 0.4) is 0 Å². The van der Waals surface area contributed by atoms with Crippen molar-refractivity contribution in [3.8, 4) is 0 Å². The number of carbonyl (C=O) groups excluding carboxylic acids is 1. The zero-order valence-electron chi connectivity index (χ0n) is 14.4. The second kappa shape index (κ2) is 7.30. The van der Waals surface area contributed by atoms with Crippen molar-refractivity contribution in [2.24, 2.45) is 7.05 Å². The minimum atomic E-state index is -0.182. The molecule has 23 heavy (non-hydrogen) atoms. The third kappa shape index (κ3) is 3.91. The van der Waals surface area contributed by atoms with Crippen molar-refractivity contribution in [2.45, 2.75) is 46.6 Å². The molecule has 7 nitrogen and oxygen atoms in total. The molecule has 0 fully saturated rings. The van der Waals surface area contributed by atoms with E-state index in [1.807, 2.05) is 45.6 Å². The SMILES string of the molecule is CC[C@@H](NC(=O)NCCc1cnn(C)c1C)c1c(C)noc1C. The summed E-state index contributed by atoms with van der Waals surface area (Å²) >= 11 is 0. The Morgan fingerprint density at radius 1 is 1.39 bits per heavy atom. The Labute approximate surface area is 136 Å². The maximum Gasteiger partial charge on any atom is 0.315 e. The highest BCUT2D eigenvalue weighted by molar-refractivity contribution is 5.74. The molecule has 0 aliphatic carbocycles. The second-order valence-electron chi connectivity index (χ2n) is 5.73. The zero-order chi connectivity index (χ0) is 17.0. The molecular weight excluding hydrogens is 294 g/mol. The number of amides is 2. The van der Waals surface area contributed by atoms with Gasteiger partial charge in [-0.15, -0.1) is 0 Å². The van der Waals surface area contributed by atoms with Crippen LogP contribution >= 0.6 is 0 Å². The van der Waals surface area contributed by atoms with E-state index in [0.29, 0.717) is 6.54 Å². The van der Waals surface area contributed by atoms with Crippen LogP contribution in [-0.2, 0) is 13.5 Å². The fourth-order valence-electron chi connectivity index (χ4n) is 2.68. The summed E-state index contributed by atoms with van der Waals surface area (Å²) in [6.45, 7) is 8.36. The first-order chi connectivity index (χ1) is 10.9. The van der Waals surface area contributed by atoms with E-state index in [1.165, 1.54) is 0 Å². The first kappa shape index (κ1) is 17.1. The lowest BCUT2D eigenvalue weighted by Gasteiger charge is -2.17. The Balaban J connectivity index is 1.87. The predicted molar refractivity (Wildman–Crippen MR) is 87.2 cm³/mol. The largest absolute Gasteiger partial charge is 0.361 e. The molecule has 0 radical (unpaired) electrons. The number of nitrogens with zero attached hydrogens (tertiary/aromatic N) is 3. The number of aryl methyl sites for hydroxylation is 3. The van der Waals surface area contributed by atoms with E-state index in [2.05, 4.69) is 20.9 Å². The fraction of sp³-hybridized carbons (Fsp3) is 0.562. The maximum atomic E-state index is 12.1. The summed E-state index contributed by atoms with van der Waals surface area (Å²) in [5.41, 5.74) is 4.05. The predicted octanol–water partition coefficient (Wildman–Crippen LogP) is 2.33. The van der Waals surface area contributed by atoms with E-state index in [1.54, 1.807) is 0 Å². The molecule has 2 rings (SSSR count). The monoisotopic (exact) mass is 319 g/mol. The standard InChI is InChI=1S/C16H25N5O2/c1-6-14(15-10(2)20-23-12(15)4)19-16(22)17-8-7-13-9-18-21(5)11(13)3/h9,14H,6-8H2,1-5H3,(H2,17,19,22)/t14-/m1/s1. The van der Waals surface area contributed by atoms with E-state index < -0.39 is 0 Å². The second-order valence-corrected chi connectivity index (χ2v) is 5.73. The molecule has 0 aliphatic heterocycles. The van der Waals surface area contributed by atoms with Crippen molar-refractivity contribution in [2.75, 3.05) is 6.54 Å². The van der Waals surface area contributed by atoms with Gasteiger partial charge in [0, 0.05) is 24.8 Å². The highest BCUT2D eigenvalue weighted by atomic mass is 16.5. The van der Waals surface area contributed by atoms with Crippen molar-refractivity contribution < 1.29 is 9.32 Å². The van der Waals surface area contributed by atoms with Crippen LogP contribution in [0.4, 0.5) is 4.79 Å². The minimum Gasteiger partial charge on any atom is -0.361 e. The van der Waals surface area contributed by atoms with Gasteiger partial charge < -0.3 is 15.2 Å². The number of nitrogens with one attached hydrogen (secondary N) is 2. The van der Waals surface area contributed by atoms with Gasteiger partial charge in [-0.1, -0.05) is 12.1 Å². The summed E-state index contributed by atoms with van der Waals surface area (Å²) in [6.07, 6.45) is 3.38. The van der Waals surface area contributed by atoms with Gasteiger partial charge in [-0.05, 0) is 39.2 Å². The van der Waals surface area contributed by atoms with Crippen molar-refractivity contribution in [3.05, 3.63) is 34.5 Å². The Bertz CT molecular complexity index is 655. The van der Waals surface area contributed by atoms with E-state index >= 15 is 0 Å². The first-order valence-corrected chi connectivity index (χ1v) is 7.88. The summed E-state index contributed by atoms with van der Waals surface area (Å²) in [4.78, 5) is 12.1. The Morgan fingerprint density at radius 2 is 2.13 bits per heavy atom. The molecule has 0 aromatic carbocycles. The molecule has 2 aromatic heterocycles. The lowest BCUT2D eigenvalue weighted by Crippen LogP contribution is -2.39. The van der Waals surface area contributed by atoms with Crippen LogP contribution in [0, 0.1) is 20.8 Å². The third-order valence-electron chi connectivity index (χ3n) is 4.17. The number of hydrogen-bond acceptors (Lipinski definition) is 4. The van der Waals surface area contributed by atoms with E-state index in [4.69, 9.17) is 4.52 Å². The van der Waals surface area contributed by atoms with Crippen LogP contribution < -0.4 is 10.6 Å². The molecule has 1 atom stereocenters. The van der Waals surface area contributed by atoms with Crippen LogP contribution in [0.25, 0.3) is 0 Å². The van der Waals surface area contributed by atoms with Crippen molar-refractivity contribution >= 4 is 6.03 Å². The van der Waals surface area contributed by atoms with Gasteiger partial charge in [0.25, 0.3) is 0 Å². The summed E-state index contributed by atoms with van der Waals surface area (Å²) in [5.74, 6) is 0.751. The number of urea groups is 1. The fourth-order valence-corrected chi connectivity index (χ4v) is 2.68. The lowest BCUT2D eigenvalue weighted by molar-refractivity contribution is 0.236. The van der Waals surface area contributed by atoms with Crippen molar-refractivity contribution in [1.29, 1.82) is 0 Å². The molecule has 0 unspecified atom stereocenters. The van der Waals surface area contributed by atoms with Crippen molar-refractivity contribution in [1.82, 2.24) is 25.6 Å². The van der Waals surface area contributed by atoms with Crippen LogP contribution in [0.2, 0.25) is 0 Å². The van der Waals surface area contributed by atoms with Gasteiger partial charge in [0.1, 0.15) is 5.76 Å². The van der Waals surface area contributed by atoms with Gasteiger partial charge in [-0.25, -0.2) is 4.79 Å². The topological polar surface area (TPSA) is 85.0 Å². The molecule has 2 aromatic rings. The van der Waals surface area contributed by atoms with Gasteiger partial charge in [0.2, 0.25) is 0 Å². The zero-order valence-corrected chi connectivity index (χ0v) is 14.4. The minimum absolute atomic E-state index is 0.0959. The first-order valence-electron chi connectivity index (χ1n) is 7.88. The van der Waals surface area contributed by atoms with Crippen LogP contribution in [0.15, 0.2) is 10.7 Å². The highest BCUT2D eigenvalue weighted by Gasteiger charge is 2.20. The third-order valence-corrected chi connectivity index (χ3v) is 4.17. The highest BCUT2D eigenvalue weighted by Crippen LogP contribution is 2.23. The molecule has 2 heterocycles. The summed E-state index contributed by atoms with van der Waals surface area (Å²) in [5, 5.41) is 14.0. The smallest absolute Gasteiger partial charge is 0.315 e. The summed E-state index contributed by atoms with van der Waals surface area (Å²) in [6, 6.07) is -0.278. The van der Waals surface area contributed by atoms with Crippen LogP contribution in [0.1, 0.15) is 47.7 Å². The maximum absolute atomic E-state index is 12.1. The van der Waals surface area contributed by atoms with E-state index in [-0.39, 0.29) is 12.1 Å². The normalized spacial score (nSPS) is 12.2. The Hall–Kier alpha value is -2.31. The average Bonchev–Trinajstić information content (AvgIpc) is 3.01. The van der Waals surface area contributed by atoms with Crippen LogP contribution in [-0.4, -0.2) is 27.5 Å². The van der Waals surface area contributed by atoms with Gasteiger partial charge in [0.05, 0.1) is 17.9 Å². The lowest BCUT2D eigenvalue weighted by atomic mass is 10.0. The van der Waals surface area contributed by atoms with Gasteiger partial charge in [-0.3, -0.25) is 4.68 Å². The molecule has 126 valence electrons. The number of hydrogen-bond donors (Lipinski definition) is 2. The molecule has 0 saturated carbocycles. The van der Waals surface area contributed by atoms with Gasteiger partial charge in [-0.2, -0.15) is 5.10 Å². The number of aromatic nitrogens is 3. The Kier molecular flexibility index (Phi) is 5.41. The van der Waals surface area contributed by atoms with Crippen molar-refractivity contribution in [3.63, 3.8) is 0 Å². The average molecular weight is 319 g/mol. The van der Waals surface area contributed by atoms with Gasteiger partial charge >= 0.3 is 6.03 Å². The van der Waals surface area contributed by atoms with Gasteiger partial charge in [0.15, 0.2) is 0 Å². The molecule has 7 heteroatoms. The molecule has 0 spiro atoms. The Morgan fingerprint density at radius 3 is 2.65 bits per heavy atom.